The molecular weight excluding hydrogens is 170 g/mol. The largest absolute Gasteiger partial charge is 0.396 e. The molecule has 3 heteroatoms. The molecule has 1 aliphatic heterocycles. The summed E-state index contributed by atoms with van der Waals surface area (Å²) in [4.78, 5) is 2.46. The predicted molar refractivity (Wildman–Crippen MR) is 53.9 cm³/mol. The van der Waals surface area contributed by atoms with Crippen molar-refractivity contribution in [3.05, 3.63) is 5.75 Å². The molecule has 1 heterocycles. The fourth-order valence-electron chi connectivity index (χ4n) is 1.33. The van der Waals surface area contributed by atoms with Crippen LogP contribution < -0.4 is 0 Å². The molecule has 0 saturated carbocycles. The molecule has 1 fully saturated rings. The third kappa shape index (κ3) is 4.24. The second kappa shape index (κ2) is 6.63. The van der Waals surface area contributed by atoms with Gasteiger partial charge in [0.2, 0.25) is 0 Å². The third-order valence-corrected chi connectivity index (χ3v) is 2.99. The van der Waals surface area contributed by atoms with Crippen molar-refractivity contribution in [2.45, 2.75) is 25.7 Å². The molecule has 1 aliphatic rings. The Balaban J connectivity index is 1.81. The Hall–Kier alpha value is 0.140. The average Bonchev–Trinajstić information content (AvgIpc) is 2.57. The SMILES string of the molecule is OCCCCCCN1C[CH+]SC1. The van der Waals surface area contributed by atoms with Crippen LogP contribution in [0, 0.1) is 5.75 Å². The van der Waals surface area contributed by atoms with Crippen molar-refractivity contribution in [2.24, 2.45) is 0 Å². The van der Waals surface area contributed by atoms with Gasteiger partial charge in [-0.3, -0.25) is 4.90 Å². The summed E-state index contributed by atoms with van der Waals surface area (Å²) >= 11 is 1.91. The van der Waals surface area contributed by atoms with E-state index in [1.807, 2.05) is 11.8 Å². The highest BCUT2D eigenvalue weighted by atomic mass is 32.2. The molecule has 0 unspecified atom stereocenters. The molecule has 0 spiro atoms. The van der Waals surface area contributed by atoms with Crippen molar-refractivity contribution in [3.8, 4) is 0 Å². The lowest BCUT2D eigenvalue weighted by atomic mass is 10.2. The van der Waals surface area contributed by atoms with E-state index in [0.29, 0.717) is 6.61 Å². The Labute approximate surface area is 79.3 Å². The van der Waals surface area contributed by atoms with Crippen LogP contribution >= 0.6 is 11.8 Å². The Bertz CT molecular complexity index is 105. The highest BCUT2D eigenvalue weighted by Gasteiger charge is 2.19. The zero-order chi connectivity index (χ0) is 8.65. The third-order valence-electron chi connectivity index (χ3n) is 2.09. The van der Waals surface area contributed by atoms with E-state index in [0.717, 1.165) is 13.0 Å². The number of thioether (sulfide) groups is 1. The molecule has 0 amide bonds. The summed E-state index contributed by atoms with van der Waals surface area (Å²) in [5, 5.41) is 8.56. The molecule has 2 nitrogen and oxygen atoms in total. The van der Waals surface area contributed by atoms with Gasteiger partial charge >= 0.3 is 0 Å². The fourth-order valence-corrected chi connectivity index (χ4v) is 2.19. The van der Waals surface area contributed by atoms with E-state index in [-0.39, 0.29) is 0 Å². The molecule has 0 aliphatic carbocycles. The molecule has 0 radical (unpaired) electrons. The Kier molecular flexibility index (Phi) is 5.65. The van der Waals surface area contributed by atoms with Crippen LogP contribution in [0.2, 0.25) is 0 Å². The number of nitrogens with zero attached hydrogens (tertiary/aromatic N) is 1. The Morgan fingerprint density at radius 3 is 2.75 bits per heavy atom. The van der Waals surface area contributed by atoms with Gasteiger partial charge in [0.05, 0.1) is 17.6 Å². The number of aliphatic hydroxyl groups excluding tert-OH is 1. The number of unbranched alkanes of at least 4 members (excludes halogenated alkanes) is 3. The van der Waals surface area contributed by atoms with E-state index in [2.05, 4.69) is 10.7 Å². The maximum atomic E-state index is 8.56. The van der Waals surface area contributed by atoms with E-state index < -0.39 is 0 Å². The van der Waals surface area contributed by atoms with Gasteiger partial charge < -0.3 is 5.11 Å². The number of aliphatic hydroxyl groups is 1. The summed E-state index contributed by atoms with van der Waals surface area (Å²) in [6.45, 7) is 2.74. The van der Waals surface area contributed by atoms with Crippen LogP contribution in [0.1, 0.15) is 25.7 Å². The van der Waals surface area contributed by atoms with E-state index in [4.69, 9.17) is 5.11 Å². The van der Waals surface area contributed by atoms with Crippen LogP contribution in [-0.2, 0) is 0 Å². The number of rotatable bonds is 6. The van der Waals surface area contributed by atoms with E-state index in [9.17, 15) is 0 Å². The van der Waals surface area contributed by atoms with Gasteiger partial charge in [-0.15, -0.1) is 0 Å². The van der Waals surface area contributed by atoms with Gasteiger partial charge in [-0.2, -0.15) is 0 Å². The lowest BCUT2D eigenvalue weighted by molar-refractivity contribution is 0.279. The first-order valence-corrected chi connectivity index (χ1v) is 5.75. The maximum Gasteiger partial charge on any atom is 0.159 e. The first kappa shape index (κ1) is 10.2. The van der Waals surface area contributed by atoms with Crippen molar-refractivity contribution in [3.63, 3.8) is 0 Å². The second-order valence-electron chi connectivity index (χ2n) is 3.18. The minimum absolute atomic E-state index is 0.355. The van der Waals surface area contributed by atoms with Crippen LogP contribution in [0.15, 0.2) is 0 Å². The quantitative estimate of drug-likeness (QED) is 0.507. The first-order valence-electron chi connectivity index (χ1n) is 4.70. The summed E-state index contributed by atoms with van der Waals surface area (Å²) in [6, 6.07) is 0. The summed E-state index contributed by atoms with van der Waals surface area (Å²) in [6.07, 6.45) is 4.71. The van der Waals surface area contributed by atoms with Gasteiger partial charge in [0.15, 0.2) is 12.3 Å². The summed E-state index contributed by atoms with van der Waals surface area (Å²) < 4.78 is 0. The van der Waals surface area contributed by atoms with Crippen LogP contribution in [0.4, 0.5) is 0 Å². The minimum atomic E-state index is 0.355. The van der Waals surface area contributed by atoms with Crippen molar-refractivity contribution >= 4 is 11.8 Å². The lowest BCUT2D eigenvalue weighted by Gasteiger charge is -2.08. The molecule has 1 rings (SSSR count). The van der Waals surface area contributed by atoms with Crippen molar-refractivity contribution in [2.75, 3.05) is 25.6 Å². The highest BCUT2D eigenvalue weighted by molar-refractivity contribution is 8.01. The van der Waals surface area contributed by atoms with Crippen LogP contribution in [0.3, 0.4) is 0 Å². The van der Waals surface area contributed by atoms with Gasteiger partial charge in [-0.25, -0.2) is 0 Å². The van der Waals surface area contributed by atoms with E-state index >= 15 is 0 Å². The summed E-state index contributed by atoms with van der Waals surface area (Å²) in [7, 11) is 0. The molecule has 0 aromatic carbocycles. The predicted octanol–water partition coefficient (Wildman–Crippen LogP) is 1.71. The standard InChI is InChI=1S/C9H18NOS/c11-7-4-2-1-3-5-10-6-8-12-9-10/h8,11H,1-7,9H2/q+1. The van der Waals surface area contributed by atoms with Gasteiger partial charge in [0, 0.05) is 13.2 Å². The molecule has 70 valence electrons. The normalized spacial score (nSPS) is 18.1. The monoisotopic (exact) mass is 188 g/mol. The van der Waals surface area contributed by atoms with Crippen LogP contribution in [0.25, 0.3) is 0 Å². The van der Waals surface area contributed by atoms with Gasteiger partial charge in [0.1, 0.15) is 0 Å². The fraction of sp³-hybridized carbons (Fsp3) is 0.889. The van der Waals surface area contributed by atoms with Gasteiger partial charge in [-0.05, 0) is 12.8 Å². The molecule has 1 saturated heterocycles. The Morgan fingerprint density at radius 1 is 1.25 bits per heavy atom. The second-order valence-corrected chi connectivity index (χ2v) is 4.10. The van der Waals surface area contributed by atoms with E-state index in [1.54, 1.807) is 0 Å². The minimum Gasteiger partial charge on any atom is -0.396 e. The molecule has 12 heavy (non-hydrogen) atoms. The van der Waals surface area contributed by atoms with Crippen molar-refractivity contribution in [1.29, 1.82) is 0 Å². The van der Waals surface area contributed by atoms with Gasteiger partial charge in [-0.1, -0.05) is 12.8 Å². The number of hydrogen-bond acceptors (Lipinski definition) is 3. The van der Waals surface area contributed by atoms with Crippen molar-refractivity contribution in [1.82, 2.24) is 4.90 Å². The topological polar surface area (TPSA) is 23.5 Å². The Morgan fingerprint density at radius 2 is 2.08 bits per heavy atom. The van der Waals surface area contributed by atoms with Crippen LogP contribution in [-0.4, -0.2) is 35.6 Å². The average molecular weight is 188 g/mol. The maximum absolute atomic E-state index is 8.56. The number of hydrogen-bond donors (Lipinski definition) is 1. The summed E-state index contributed by atoms with van der Waals surface area (Å²) in [5.74, 6) is 3.45. The zero-order valence-electron chi connectivity index (χ0n) is 7.54. The van der Waals surface area contributed by atoms with E-state index in [1.165, 1.54) is 31.7 Å². The highest BCUT2D eigenvalue weighted by Crippen LogP contribution is 2.18. The van der Waals surface area contributed by atoms with Gasteiger partial charge in [0.25, 0.3) is 0 Å². The van der Waals surface area contributed by atoms with Crippen LogP contribution in [0.5, 0.6) is 0 Å². The summed E-state index contributed by atoms with van der Waals surface area (Å²) in [5.41, 5.74) is 0. The molecule has 0 bridgehead atoms. The molecule has 0 aromatic rings. The molecule has 1 N–H and O–H groups in total. The first-order chi connectivity index (χ1) is 5.93. The molecule has 0 atom stereocenters. The smallest absolute Gasteiger partial charge is 0.159 e. The molecule has 0 aromatic heterocycles. The lowest BCUT2D eigenvalue weighted by Crippen LogP contribution is -2.19. The van der Waals surface area contributed by atoms with Crippen molar-refractivity contribution < 1.29 is 5.11 Å². The molecular formula is C9H18NOS+. The zero-order valence-corrected chi connectivity index (χ0v) is 8.35.